The fraction of sp³-hybridized carbons (Fsp3) is 0.263. The van der Waals surface area contributed by atoms with Crippen molar-refractivity contribution < 1.29 is 14.6 Å². The van der Waals surface area contributed by atoms with Crippen molar-refractivity contribution in [3.63, 3.8) is 0 Å². The van der Waals surface area contributed by atoms with Gasteiger partial charge in [-0.25, -0.2) is 9.48 Å². The molecule has 0 aliphatic carbocycles. The molecule has 11 heteroatoms. The van der Waals surface area contributed by atoms with Gasteiger partial charge in [0.15, 0.2) is 11.5 Å². The van der Waals surface area contributed by atoms with E-state index in [0.29, 0.717) is 24.0 Å². The number of fused-ring (bicyclic) bond motifs is 1. The molecule has 0 saturated carbocycles. The summed E-state index contributed by atoms with van der Waals surface area (Å²) in [5.74, 6) is 2.29. The van der Waals surface area contributed by atoms with Crippen molar-refractivity contribution in [3.8, 4) is 22.8 Å². The summed E-state index contributed by atoms with van der Waals surface area (Å²) in [5, 5.41) is 29.0. The number of hydrogen-bond acceptors (Lipinski definition) is 7. The second-order valence-corrected chi connectivity index (χ2v) is 14.1. The van der Waals surface area contributed by atoms with Crippen LogP contribution in [0.15, 0.2) is 107 Å². The molecule has 3 aromatic carbocycles. The van der Waals surface area contributed by atoms with Crippen molar-refractivity contribution in [2.75, 3.05) is 18.5 Å². The largest absolute Gasteiger partial charge is 0.491 e. The quantitative estimate of drug-likeness (QED) is 0.128. The molecule has 0 atom stereocenters. The van der Waals surface area contributed by atoms with Gasteiger partial charge in [-0.3, -0.25) is 9.72 Å². The number of rotatable bonds is 11. The van der Waals surface area contributed by atoms with Crippen molar-refractivity contribution in [1.82, 2.24) is 29.7 Å². The number of nitrogens with one attached hydrogen (secondary N) is 2. The molecule has 10 nitrogen and oxygen atoms in total. The fourth-order valence-electron chi connectivity index (χ4n) is 5.43. The molecule has 0 aliphatic heterocycles. The standard InChI is InChI=1S/C38H41N7O3S/c1-25(2)30-14-7-8-15-31(30)36-42-41-34-18-17-29(24-44(34)36)49-32-16-9-6-11-26(32)23-39-37(47)40-35-22-33(38(3,4)5)43-45(35)27-12-10-13-28(21-27)48-20-19-46/h6-18,21-22,24-25,46H,19-20,23H2,1-5H3,(H2,39,40,47). The zero-order valence-electron chi connectivity index (χ0n) is 28.3. The highest BCUT2D eigenvalue weighted by Gasteiger charge is 2.22. The van der Waals surface area contributed by atoms with Gasteiger partial charge in [0.05, 0.1) is 18.0 Å². The highest BCUT2D eigenvalue weighted by molar-refractivity contribution is 7.99. The number of carbonyl (C=O) groups is 1. The zero-order chi connectivity index (χ0) is 34.5. The number of pyridine rings is 1. The summed E-state index contributed by atoms with van der Waals surface area (Å²) >= 11 is 1.63. The highest BCUT2D eigenvalue weighted by atomic mass is 32.2. The number of anilines is 1. The number of aromatic nitrogens is 5. The van der Waals surface area contributed by atoms with Gasteiger partial charge in [0.2, 0.25) is 0 Å². The Morgan fingerprint density at radius 2 is 1.76 bits per heavy atom. The Labute approximate surface area is 290 Å². The van der Waals surface area contributed by atoms with Gasteiger partial charge in [-0.2, -0.15) is 5.10 Å². The Morgan fingerprint density at radius 1 is 0.959 bits per heavy atom. The van der Waals surface area contributed by atoms with E-state index >= 15 is 0 Å². The molecule has 6 aromatic rings. The van der Waals surface area contributed by atoms with Crippen LogP contribution in [0.4, 0.5) is 10.6 Å². The van der Waals surface area contributed by atoms with E-state index in [-0.39, 0.29) is 24.7 Å². The van der Waals surface area contributed by atoms with E-state index in [2.05, 4.69) is 85.9 Å². The van der Waals surface area contributed by atoms with Crippen LogP contribution in [0.1, 0.15) is 57.4 Å². The predicted octanol–water partition coefficient (Wildman–Crippen LogP) is 7.85. The number of urea groups is 1. The molecule has 252 valence electrons. The van der Waals surface area contributed by atoms with Crippen molar-refractivity contribution in [2.45, 2.75) is 62.3 Å². The van der Waals surface area contributed by atoms with Gasteiger partial charge in [-0.05, 0) is 47.4 Å². The molecular formula is C38H41N7O3S. The van der Waals surface area contributed by atoms with E-state index in [1.54, 1.807) is 16.4 Å². The second kappa shape index (κ2) is 14.6. The van der Waals surface area contributed by atoms with E-state index in [1.165, 1.54) is 5.56 Å². The minimum atomic E-state index is -0.353. The van der Waals surface area contributed by atoms with Crippen LogP contribution in [0, 0.1) is 0 Å². The van der Waals surface area contributed by atoms with Gasteiger partial charge in [0.25, 0.3) is 0 Å². The van der Waals surface area contributed by atoms with Gasteiger partial charge < -0.3 is 15.2 Å². The van der Waals surface area contributed by atoms with Crippen LogP contribution in [-0.2, 0) is 12.0 Å². The molecule has 0 fully saturated rings. The first-order chi connectivity index (χ1) is 23.6. The summed E-state index contributed by atoms with van der Waals surface area (Å²) in [6, 6.07) is 29.3. The second-order valence-electron chi connectivity index (χ2n) is 13.0. The van der Waals surface area contributed by atoms with Crippen molar-refractivity contribution >= 4 is 29.3 Å². The third kappa shape index (κ3) is 7.79. The summed E-state index contributed by atoms with van der Waals surface area (Å²) in [7, 11) is 0. The molecule has 0 radical (unpaired) electrons. The number of aliphatic hydroxyl groups excluding tert-OH is 1. The van der Waals surface area contributed by atoms with Crippen LogP contribution in [-0.4, -0.2) is 48.7 Å². The van der Waals surface area contributed by atoms with Crippen LogP contribution in [0.5, 0.6) is 5.75 Å². The first kappa shape index (κ1) is 33.8. The van der Waals surface area contributed by atoms with Crippen LogP contribution in [0.2, 0.25) is 0 Å². The molecule has 3 N–H and O–H groups in total. The summed E-state index contributed by atoms with van der Waals surface area (Å²) < 4.78 is 9.35. The molecular weight excluding hydrogens is 635 g/mol. The normalized spacial score (nSPS) is 11.7. The topological polar surface area (TPSA) is 119 Å². The molecule has 0 unspecified atom stereocenters. The van der Waals surface area contributed by atoms with Gasteiger partial charge in [0.1, 0.15) is 18.2 Å². The Morgan fingerprint density at radius 3 is 2.55 bits per heavy atom. The number of benzene rings is 3. The van der Waals surface area contributed by atoms with E-state index < -0.39 is 0 Å². The Balaban J connectivity index is 1.20. The summed E-state index contributed by atoms with van der Waals surface area (Å²) in [4.78, 5) is 15.4. The maximum absolute atomic E-state index is 13.3. The lowest BCUT2D eigenvalue weighted by molar-refractivity contribution is 0.201. The molecule has 0 spiro atoms. The van der Waals surface area contributed by atoms with E-state index in [0.717, 1.165) is 43.8 Å². The SMILES string of the molecule is CC(C)c1ccccc1-c1nnc2ccc(Sc3ccccc3CNC(=O)Nc3cc(C(C)(C)C)nn3-c3cccc(OCCO)c3)cn12. The van der Waals surface area contributed by atoms with E-state index in [9.17, 15) is 9.90 Å². The number of carbonyl (C=O) groups excluding carboxylic acids is 1. The first-order valence-electron chi connectivity index (χ1n) is 16.3. The summed E-state index contributed by atoms with van der Waals surface area (Å²) in [6.07, 6.45) is 2.07. The maximum Gasteiger partial charge on any atom is 0.320 e. The predicted molar refractivity (Wildman–Crippen MR) is 194 cm³/mol. The molecule has 3 aromatic heterocycles. The summed E-state index contributed by atoms with van der Waals surface area (Å²) in [5.41, 5.74) is 5.37. The lowest BCUT2D eigenvalue weighted by Crippen LogP contribution is -2.29. The Kier molecular flexibility index (Phi) is 10.0. The molecule has 49 heavy (non-hydrogen) atoms. The lowest BCUT2D eigenvalue weighted by Gasteiger charge is -2.14. The molecule has 0 saturated heterocycles. The van der Waals surface area contributed by atoms with Gasteiger partial charge >= 0.3 is 6.03 Å². The van der Waals surface area contributed by atoms with Gasteiger partial charge in [-0.1, -0.05) is 94.9 Å². The minimum Gasteiger partial charge on any atom is -0.491 e. The Hall–Kier alpha value is -5.13. The van der Waals surface area contributed by atoms with Crippen LogP contribution in [0.3, 0.4) is 0 Å². The molecule has 0 bridgehead atoms. The number of amides is 2. The Bertz CT molecular complexity index is 2080. The van der Waals surface area contributed by atoms with Crippen LogP contribution < -0.4 is 15.4 Å². The number of ether oxygens (including phenoxy) is 1. The number of nitrogens with zero attached hydrogens (tertiary/aromatic N) is 5. The van der Waals surface area contributed by atoms with Crippen molar-refractivity contribution in [3.05, 3.63) is 114 Å². The number of hydrogen-bond donors (Lipinski definition) is 3. The first-order valence-corrected chi connectivity index (χ1v) is 17.1. The zero-order valence-corrected chi connectivity index (χ0v) is 29.2. The fourth-order valence-corrected chi connectivity index (χ4v) is 6.40. The van der Waals surface area contributed by atoms with E-state index in [4.69, 9.17) is 9.84 Å². The smallest absolute Gasteiger partial charge is 0.320 e. The average Bonchev–Trinajstić information content (AvgIpc) is 3.71. The minimum absolute atomic E-state index is 0.0828. The summed E-state index contributed by atoms with van der Waals surface area (Å²) in [6.45, 7) is 11.0. The van der Waals surface area contributed by atoms with E-state index in [1.807, 2.05) is 71.1 Å². The average molecular weight is 676 g/mol. The van der Waals surface area contributed by atoms with Gasteiger partial charge in [0, 0.05) is 45.6 Å². The van der Waals surface area contributed by atoms with Crippen LogP contribution in [0.25, 0.3) is 22.7 Å². The monoisotopic (exact) mass is 675 g/mol. The maximum atomic E-state index is 13.3. The van der Waals surface area contributed by atoms with Crippen molar-refractivity contribution in [2.24, 2.45) is 0 Å². The third-order valence-corrected chi connectivity index (χ3v) is 9.08. The molecule has 2 amide bonds. The highest BCUT2D eigenvalue weighted by Crippen LogP contribution is 2.33. The molecule has 0 aliphatic rings. The lowest BCUT2D eigenvalue weighted by atomic mass is 9.92. The molecule has 6 rings (SSSR count). The van der Waals surface area contributed by atoms with Gasteiger partial charge in [-0.15, -0.1) is 10.2 Å². The van der Waals surface area contributed by atoms with Crippen molar-refractivity contribution in [1.29, 1.82) is 0 Å². The van der Waals surface area contributed by atoms with Crippen LogP contribution >= 0.6 is 11.8 Å². The number of aliphatic hydroxyl groups is 1. The third-order valence-electron chi connectivity index (χ3n) is 7.98. The molecule has 3 heterocycles.